The molecular formula is C15H13NS. The molecular weight excluding hydrogens is 226 g/mol. The first-order chi connectivity index (χ1) is 8.35. The fourth-order valence-electron chi connectivity index (χ4n) is 1.61. The molecule has 0 aliphatic carbocycles. The van der Waals surface area contributed by atoms with Gasteiger partial charge in [0.15, 0.2) is 0 Å². The number of aromatic nitrogens is 1. The first-order valence-electron chi connectivity index (χ1n) is 5.34. The van der Waals surface area contributed by atoms with Gasteiger partial charge in [-0.15, -0.1) is 0 Å². The molecule has 0 N–H and O–H groups in total. The Balaban J connectivity index is 2.48. The van der Waals surface area contributed by atoms with Crippen molar-refractivity contribution in [3.05, 3.63) is 72.3 Å². The summed E-state index contributed by atoms with van der Waals surface area (Å²) in [5.41, 5.74) is 3.07. The molecule has 84 valence electrons. The molecule has 1 nitrogen and oxygen atoms in total. The van der Waals surface area contributed by atoms with Gasteiger partial charge in [0, 0.05) is 17.1 Å². The smallest absolute Gasteiger partial charge is 0.0702 e. The first-order valence-corrected chi connectivity index (χ1v) is 5.85. The van der Waals surface area contributed by atoms with Crippen LogP contribution in [0.25, 0.3) is 16.5 Å². The van der Waals surface area contributed by atoms with E-state index in [1.54, 1.807) is 11.5 Å². The Morgan fingerprint density at radius 1 is 1.29 bits per heavy atom. The van der Waals surface area contributed by atoms with Crippen LogP contribution in [-0.4, -0.2) is 4.98 Å². The van der Waals surface area contributed by atoms with Crippen LogP contribution in [0, 0.1) is 0 Å². The van der Waals surface area contributed by atoms with Crippen molar-refractivity contribution in [2.45, 2.75) is 0 Å². The Bertz CT molecular complexity index is 597. The van der Waals surface area contributed by atoms with Crippen LogP contribution in [0.1, 0.15) is 5.56 Å². The Hall–Kier alpha value is -1.80. The lowest BCUT2D eigenvalue weighted by molar-refractivity contribution is 1.39. The minimum Gasteiger partial charge on any atom is -0.256 e. The van der Waals surface area contributed by atoms with E-state index >= 15 is 0 Å². The molecule has 0 saturated carbocycles. The van der Waals surface area contributed by atoms with E-state index < -0.39 is 0 Å². The zero-order valence-electron chi connectivity index (χ0n) is 9.38. The fourth-order valence-corrected chi connectivity index (χ4v) is 1.85. The number of para-hydroxylation sites is 1. The maximum absolute atomic E-state index is 4.42. The highest BCUT2D eigenvalue weighted by molar-refractivity contribution is 7.83. The third-order valence-corrected chi connectivity index (χ3v) is 2.75. The highest BCUT2D eigenvalue weighted by Gasteiger charge is 1.99. The molecule has 0 atom stereocenters. The van der Waals surface area contributed by atoms with Crippen LogP contribution < -0.4 is 0 Å². The van der Waals surface area contributed by atoms with E-state index in [-0.39, 0.29) is 0 Å². The Morgan fingerprint density at radius 2 is 2.12 bits per heavy atom. The molecule has 0 saturated heterocycles. The van der Waals surface area contributed by atoms with Crippen LogP contribution in [0.15, 0.2) is 66.7 Å². The Kier molecular flexibility index (Phi) is 3.78. The number of hydrogen-bond acceptors (Lipinski definition) is 2. The van der Waals surface area contributed by atoms with Gasteiger partial charge in [-0.25, -0.2) is 0 Å². The van der Waals surface area contributed by atoms with E-state index in [2.05, 4.69) is 36.3 Å². The van der Waals surface area contributed by atoms with Crippen molar-refractivity contribution in [1.82, 2.24) is 4.98 Å². The van der Waals surface area contributed by atoms with Gasteiger partial charge in [0.05, 0.1) is 5.52 Å². The molecule has 0 radical (unpaired) electrons. The van der Waals surface area contributed by atoms with Gasteiger partial charge in [-0.1, -0.05) is 43.0 Å². The van der Waals surface area contributed by atoms with Crippen LogP contribution in [0.4, 0.5) is 0 Å². The number of thiol groups is 1. The number of allylic oxidation sites excluding steroid dienone is 4. The zero-order valence-corrected chi connectivity index (χ0v) is 10.3. The third kappa shape index (κ3) is 2.66. The molecule has 1 aromatic heterocycles. The maximum Gasteiger partial charge on any atom is 0.0702 e. The molecule has 0 aliphatic rings. The van der Waals surface area contributed by atoms with Crippen molar-refractivity contribution in [2.75, 3.05) is 0 Å². The van der Waals surface area contributed by atoms with Gasteiger partial charge in [-0.05, 0) is 23.1 Å². The normalized spacial score (nSPS) is 12.2. The summed E-state index contributed by atoms with van der Waals surface area (Å²) in [6, 6.07) is 10.2. The molecule has 0 unspecified atom stereocenters. The lowest BCUT2D eigenvalue weighted by atomic mass is 10.1. The molecule has 0 spiro atoms. The molecule has 2 rings (SSSR count). The van der Waals surface area contributed by atoms with Crippen molar-refractivity contribution in [1.29, 1.82) is 0 Å². The van der Waals surface area contributed by atoms with Crippen molar-refractivity contribution in [3.63, 3.8) is 0 Å². The molecule has 1 aromatic carbocycles. The summed E-state index contributed by atoms with van der Waals surface area (Å²) < 4.78 is 0. The maximum atomic E-state index is 4.42. The topological polar surface area (TPSA) is 12.9 Å². The molecule has 0 fully saturated rings. The van der Waals surface area contributed by atoms with Crippen molar-refractivity contribution >= 4 is 29.1 Å². The lowest BCUT2D eigenvalue weighted by Gasteiger charge is -2.03. The summed E-state index contributed by atoms with van der Waals surface area (Å²) >= 11 is 4.22. The van der Waals surface area contributed by atoms with Crippen molar-refractivity contribution in [3.8, 4) is 0 Å². The summed E-state index contributed by atoms with van der Waals surface area (Å²) in [6.07, 6.45) is 7.45. The van der Waals surface area contributed by atoms with Crippen LogP contribution in [0.2, 0.25) is 0 Å². The van der Waals surface area contributed by atoms with Gasteiger partial charge in [0.2, 0.25) is 0 Å². The second-order valence-corrected chi connectivity index (χ2v) is 3.85. The number of fused-ring (bicyclic) bond motifs is 1. The number of hydrogen-bond donors (Lipinski definition) is 1. The van der Waals surface area contributed by atoms with Crippen molar-refractivity contribution < 1.29 is 0 Å². The Labute approximate surface area is 107 Å². The third-order valence-electron chi connectivity index (χ3n) is 2.47. The van der Waals surface area contributed by atoms with E-state index in [4.69, 9.17) is 0 Å². The average Bonchev–Trinajstić information content (AvgIpc) is 2.39. The molecule has 1 heterocycles. The summed E-state index contributed by atoms with van der Waals surface area (Å²) in [6.45, 7) is 3.66. The zero-order chi connectivity index (χ0) is 12.1. The van der Waals surface area contributed by atoms with Gasteiger partial charge in [0.25, 0.3) is 0 Å². The van der Waals surface area contributed by atoms with Crippen LogP contribution >= 0.6 is 12.6 Å². The van der Waals surface area contributed by atoms with Gasteiger partial charge < -0.3 is 0 Å². The van der Waals surface area contributed by atoms with Crippen LogP contribution in [-0.2, 0) is 0 Å². The van der Waals surface area contributed by atoms with Crippen LogP contribution in [0.3, 0.4) is 0 Å². The van der Waals surface area contributed by atoms with E-state index in [1.165, 1.54) is 0 Å². The number of benzene rings is 1. The first kappa shape index (κ1) is 11.7. The molecule has 0 aliphatic heterocycles. The van der Waals surface area contributed by atoms with Gasteiger partial charge >= 0.3 is 0 Å². The standard InChI is InChI=1S/C15H13NS/c1-2-3-6-13(11-17)14-9-12-7-4-5-8-15(12)16-10-14/h2-11,17H,1H2/b6-3+,13-11+. The minimum absolute atomic E-state index is 1.00. The van der Waals surface area contributed by atoms with E-state index in [0.29, 0.717) is 0 Å². The quantitative estimate of drug-likeness (QED) is 0.624. The van der Waals surface area contributed by atoms with E-state index in [9.17, 15) is 0 Å². The predicted molar refractivity (Wildman–Crippen MR) is 78.0 cm³/mol. The fraction of sp³-hybridized carbons (Fsp3) is 0. The summed E-state index contributed by atoms with van der Waals surface area (Å²) in [5.74, 6) is 0. The largest absolute Gasteiger partial charge is 0.256 e. The summed E-state index contributed by atoms with van der Waals surface area (Å²) in [7, 11) is 0. The molecule has 2 heteroatoms. The summed E-state index contributed by atoms with van der Waals surface area (Å²) in [5, 5.41) is 2.90. The average molecular weight is 239 g/mol. The Morgan fingerprint density at radius 3 is 2.88 bits per heavy atom. The second-order valence-electron chi connectivity index (χ2n) is 3.60. The summed E-state index contributed by atoms with van der Waals surface area (Å²) in [4.78, 5) is 4.42. The molecule has 17 heavy (non-hydrogen) atoms. The number of rotatable bonds is 3. The highest BCUT2D eigenvalue weighted by Crippen LogP contribution is 2.20. The monoisotopic (exact) mass is 239 g/mol. The highest BCUT2D eigenvalue weighted by atomic mass is 32.1. The minimum atomic E-state index is 1.00. The molecule has 0 bridgehead atoms. The number of nitrogens with zero attached hydrogens (tertiary/aromatic N) is 1. The predicted octanol–water partition coefficient (Wildman–Crippen LogP) is 4.25. The molecule has 2 aromatic rings. The molecule has 0 amide bonds. The van der Waals surface area contributed by atoms with Gasteiger partial charge in [-0.3, -0.25) is 4.98 Å². The van der Waals surface area contributed by atoms with E-state index in [0.717, 1.165) is 22.0 Å². The SMILES string of the molecule is C=C/C=C/C(=C\S)c1cnc2ccccc2c1. The number of pyridine rings is 1. The van der Waals surface area contributed by atoms with E-state index in [1.807, 2.05) is 36.5 Å². The second kappa shape index (κ2) is 5.51. The van der Waals surface area contributed by atoms with Gasteiger partial charge in [0.1, 0.15) is 0 Å². The van der Waals surface area contributed by atoms with Gasteiger partial charge in [-0.2, -0.15) is 12.6 Å². The lowest BCUT2D eigenvalue weighted by Crippen LogP contribution is -1.84. The van der Waals surface area contributed by atoms with Crippen LogP contribution in [0.5, 0.6) is 0 Å². The van der Waals surface area contributed by atoms with Crippen molar-refractivity contribution in [2.24, 2.45) is 0 Å².